The summed E-state index contributed by atoms with van der Waals surface area (Å²) in [5, 5.41) is 22.6. The molecule has 3 rings (SSSR count). The molecule has 3 aromatic rings. The van der Waals surface area contributed by atoms with E-state index in [0.717, 1.165) is 22.6 Å². The van der Waals surface area contributed by atoms with Crippen molar-refractivity contribution in [1.29, 1.82) is 0 Å². The fourth-order valence-electron chi connectivity index (χ4n) is 2.96. The summed E-state index contributed by atoms with van der Waals surface area (Å²) in [5.41, 5.74) is 1.37. The Morgan fingerprint density at radius 1 is 0.829 bits per heavy atom. The predicted molar refractivity (Wildman–Crippen MR) is 134 cm³/mol. The van der Waals surface area contributed by atoms with Crippen molar-refractivity contribution in [2.24, 2.45) is 0 Å². The Bertz CT molecular complexity index is 1280. The number of carboxylic acids is 2. The summed E-state index contributed by atoms with van der Waals surface area (Å²) in [6.07, 6.45) is 1.65. The molecule has 0 bridgehead atoms. The quantitative estimate of drug-likeness (QED) is 0.233. The summed E-state index contributed by atoms with van der Waals surface area (Å²) >= 11 is 7.18. The van der Waals surface area contributed by atoms with Gasteiger partial charge in [0.1, 0.15) is 5.25 Å². The summed E-state index contributed by atoms with van der Waals surface area (Å²) in [6.45, 7) is 0. The monoisotopic (exact) mass is 510 g/mol. The van der Waals surface area contributed by atoms with Crippen molar-refractivity contribution in [2.75, 3.05) is 10.6 Å². The van der Waals surface area contributed by atoms with Crippen LogP contribution in [0.2, 0.25) is 5.02 Å². The molecular weight excluding hydrogens is 492 g/mol. The van der Waals surface area contributed by atoms with E-state index in [0.29, 0.717) is 11.4 Å². The van der Waals surface area contributed by atoms with E-state index in [2.05, 4.69) is 10.6 Å². The van der Waals surface area contributed by atoms with Gasteiger partial charge in [-0.1, -0.05) is 41.9 Å². The third-order valence-corrected chi connectivity index (χ3v) is 6.15. The van der Waals surface area contributed by atoms with Gasteiger partial charge in [0.15, 0.2) is 0 Å². The number of aromatic carboxylic acids is 1. The maximum atomic E-state index is 13.2. The molecule has 0 saturated heterocycles. The van der Waals surface area contributed by atoms with Gasteiger partial charge in [0.2, 0.25) is 11.8 Å². The van der Waals surface area contributed by atoms with Gasteiger partial charge in [0, 0.05) is 28.4 Å². The van der Waals surface area contributed by atoms with E-state index in [4.69, 9.17) is 16.7 Å². The third kappa shape index (κ3) is 7.46. The van der Waals surface area contributed by atoms with Gasteiger partial charge < -0.3 is 20.8 Å². The number of carboxylic acid groups (broad SMARTS) is 2. The van der Waals surface area contributed by atoms with Gasteiger partial charge in [-0.3, -0.25) is 9.59 Å². The Balaban J connectivity index is 1.78. The predicted octanol–water partition coefficient (Wildman–Crippen LogP) is 5.09. The molecule has 0 aliphatic carbocycles. The molecule has 0 saturated carbocycles. The molecule has 1 unspecified atom stereocenters. The van der Waals surface area contributed by atoms with Gasteiger partial charge in [-0.2, -0.15) is 0 Å². The molecule has 0 aromatic heterocycles. The Kier molecular flexibility index (Phi) is 8.66. The number of hydrogen-bond donors (Lipinski definition) is 4. The normalized spacial score (nSPS) is 11.6. The molecule has 0 fully saturated rings. The molecule has 10 heteroatoms. The van der Waals surface area contributed by atoms with Crippen LogP contribution in [0.5, 0.6) is 0 Å². The largest absolute Gasteiger partial charge is 0.478 e. The summed E-state index contributed by atoms with van der Waals surface area (Å²) < 4.78 is 0. The van der Waals surface area contributed by atoms with Crippen molar-refractivity contribution in [3.05, 3.63) is 101 Å². The number of carbonyl (C=O) groups excluding carboxylic acids is 2. The molecule has 3 aromatic carbocycles. The van der Waals surface area contributed by atoms with Gasteiger partial charge in [-0.05, 0) is 48.0 Å². The average Bonchev–Trinajstić information content (AvgIpc) is 2.83. The van der Waals surface area contributed by atoms with Crippen molar-refractivity contribution in [3.8, 4) is 0 Å². The summed E-state index contributed by atoms with van der Waals surface area (Å²) in [4.78, 5) is 47.6. The Morgan fingerprint density at radius 3 is 2.11 bits per heavy atom. The van der Waals surface area contributed by atoms with Crippen molar-refractivity contribution in [2.45, 2.75) is 10.1 Å². The number of aliphatic carboxylic acids is 1. The first-order valence-corrected chi connectivity index (χ1v) is 11.4. The van der Waals surface area contributed by atoms with Crippen molar-refractivity contribution in [1.82, 2.24) is 0 Å². The molecule has 35 heavy (non-hydrogen) atoms. The van der Waals surface area contributed by atoms with Crippen LogP contribution in [0.3, 0.4) is 0 Å². The number of hydrogen-bond acceptors (Lipinski definition) is 5. The van der Waals surface area contributed by atoms with E-state index in [-0.39, 0.29) is 16.5 Å². The van der Waals surface area contributed by atoms with Gasteiger partial charge in [-0.15, -0.1) is 11.8 Å². The standard InChI is InChI=1S/C25H19ClN2O6S/c26-20-11-8-17(14-19(20)25(33)34)28-24(32)23(15-4-2-1-3-5-15)35-18-9-6-16(7-10-18)27-21(29)12-13-22(30)31/h1-14,23H,(H,27,29)(H,28,32)(H,30,31)(H,33,34)/b13-12+. The zero-order chi connectivity index (χ0) is 25.4. The second-order valence-electron chi connectivity index (χ2n) is 7.08. The van der Waals surface area contributed by atoms with E-state index in [1.54, 1.807) is 24.3 Å². The van der Waals surface area contributed by atoms with Crippen LogP contribution in [-0.2, 0) is 14.4 Å². The zero-order valence-corrected chi connectivity index (χ0v) is 19.5. The number of benzene rings is 3. The molecule has 0 spiro atoms. The van der Waals surface area contributed by atoms with Crippen LogP contribution < -0.4 is 10.6 Å². The third-order valence-electron chi connectivity index (χ3n) is 4.56. The summed E-state index contributed by atoms with van der Waals surface area (Å²) in [5.74, 6) is -3.38. The van der Waals surface area contributed by atoms with Crippen LogP contribution >= 0.6 is 23.4 Å². The van der Waals surface area contributed by atoms with Gasteiger partial charge in [-0.25, -0.2) is 9.59 Å². The van der Waals surface area contributed by atoms with Crippen LogP contribution in [0.1, 0.15) is 21.2 Å². The molecule has 2 amide bonds. The highest BCUT2D eigenvalue weighted by Crippen LogP contribution is 2.37. The number of anilines is 2. The zero-order valence-electron chi connectivity index (χ0n) is 18.0. The van der Waals surface area contributed by atoms with Crippen LogP contribution in [-0.4, -0.2) is 34.0 Å². The molecule has 178 valence electrons. The van der Waals surface area contributed by atoms with E-state index in [1.807, 2.05) is 30.3 Å². The molecule has 0 radical (unpaired) electrons. The van der Waals surface area contributed by atoms with E-state index >= 15 is 0 Å². The SMILES string of the molecule is O=C(O)/C=C/C(=O)Nc1ccc(SC(C(=O)Nc2ccc(Cl)c(C(=O)O)c2)c2ccccc2)cc1. The lowest BCUT2D eigenvalue weighted by Gasteiger charge is -2.18. The molecule has 4 N–H and O–H groups in total. The van der Waals surface area contributed by atoms with Gasteiger partial charge in [0.25, 0.3) is 0 Å². The molecule has 1 atom stereocenters. The molecule has 0 aliphatic rings. The summed E-state index contributed by atoms with van der Waals surface area (Å²) in [7, 11) is 0. The van der Waals surface area contributed by atoms with E-state index < -0.39 is 23.1 Å². The number of amides is 2. The Morgan fingerprint density at radius 2 is 1.49 bits per heavy atom. The van der Waals surface area contributed by atoms with Crippen molar-refractivity contribution in [3.63, 3.8) is 0 Å². The maximum absolute atomic E-state index is 13.2. The summed E-state index contributed by atoms with van der Waals surface area (Å²) in [6, 6.07) is 20.0. The second-order valence-corrected chi connectivity index (χ2v) is 8.67. The number of nitrogens with one attached hydrogen (secondary N) is 2. The topological polar surface area (TPSA) is 133 Å². The number of thioether (sulfide) groups is 1. The highest BCUT2D eigenvalue weighted by atomic mass is 35.5. The number of rotatable bonds is 9. The minimum Gasteiger partial charge on any atom is -0.478 e. The van der Waals surface area contributed by atoms with E-state index in [1.165, 1.54) is 30.0 Å². The van der Waals surface area contributed by atoms with Crippen molar-refractivity contribution < 1.29 is 29.4 Å². The highest BCUT2D eigenvalue weighted by molar-refractivity contribution is 8.00. The minimum absolute atomic E-state index is 0.0649. The first-order chi connectivity index (χ1) is 16.7. The lowest BCUT2D eigenvalue weighted by molar-refractivity contribution is -0.131. The van der Waals surface area contributed by atoms with Crippen LogP contribution in [0.25, 0.3) is 0 Å². The average molecular weight is 511 g/mol. The minimum atomic E-state index is -1.23. The first-order valence-electron chi connectivity index (χ1n) is 10.1. The molecule has 0 aliphatic heterocycles. The number of carbonyl (C=O) groups is 4. The maximum Gasteiger partial charge on any atom is 0.337 e. The first kappa shape index (κ1) is 25.5. The fourth-order valence-corrected chi connectivity index (χ4v) is 4.18. The van der Waals surface area contributed by atoms with Crippen LogP contribution in [0, 0.1) is 0 Å². The molecule has 0 heterocycles. The van der Waals surface area contributed by atoms with E-state index in [9.17, 15) is 24.3 Å². The molecule has 8 nitrogen and oxygen atoms in total. The van der Waals surface area contributed by atoms with Gasteiger partial charge >= 0.3 is 11.9 Å². The highest BCUT2D eigenvalue weighted by Gasteiger charge is 2.23. The second kappa shape index (κ2) is 11.9. The Hall–Kier alpha value is -4.08. The lowest BCUT2D eigenvalue weighted by Crippen LogP contribution is -2.19. The smallest absolute Gasteiger partial charge is 0.337 e. The fraction of sp³-hybridized carbons (Fsp3) is 0.0400. The molecular formula is C25H19ClN2O6S. The van der Waals surface area contributed by atoms with Crippen LogP contribution in [0.4, 0.5) is 11.4 Å². The van der Waals surface area contributed by atoms with Gasteiger partial charge in [0.05, 0.1) is 10.6 Å². The Labute approximate surface area is 209 Å². The van der Waals surface area contributed by atoms with Crippen molar-refractivity contribution >= 4 is 58.5 Å². The number of halogens is 1. The van der Waals surface area contributed by atoms with Crippen LogP contribution in [0.15, 0.2) is 89.8 Å². The lowest BCUT2D eigenvalue weighted by atomic mass is 10.1.